The van der Waals surface area contributed by atoms with Gasteiger partial charge in [-0.2, -0.15) is 0 Å². The lowest BCUT2D eigenvalue weighted by molar-refractivity contribution is -0.121. The zero-order chi connectivity index (χ0) is 11.0. The fraction of sp³-hybridized carbons (Fsp3) is 0.200. The summed E-state index contributed by atoms with van der Waals surface area (Å²) in [5.41, 5.74) is 6.67. The topological polar surface area (TPSA) is 63.4 Å². The Labute approximate surface area is 95.2 Å². The first-order valence-corrected chi connectivity index (χ1v) is 5.29. The summed E-state index contributed by atoms with van der Waals surface area (Å²) in [6.07, 6.45) is 0.556. The Balaban J connectivity index is 2.48. The van der Waals surface area contributed by atoms with E-state index >= 15 is 0 Å². The fourth-order valence-corrected chi connectivity index (χ4v) is 1.97. The molecule has 1 aliphatic rings. The van der Waals surface area contributed by atoms with Gasteiger partial charge in [0.25, 0.3) is 0 Å². The Hall–Kier alpha value is -1.36. The summed E-state index contributed by atoms with van der Waals surface area (Å²) < 4.78 is 0.695. The Morgan fingerprint density at radius 3 is 2.40 bits per heavy atom. The maximum absolute atomic E-state index is 11.5. The van der Waals surface area contributed by atoms with Crippen molar-refractivity contribution in [3.05, 3.63) is 22.7 Å². The van der Waals surface area contributed by atoms with Crippen LogP contribution in [-0.4, -0.2) is 11.8 Å². The number of imide groups is 1. The number of nitrogens with two attached hydrogens (primary N) is 1. The molecule has 1 aliphatic heterocycles. The minimum absolute atomic E-state index is 0.175. The predicted molar refractivity (Wildman–Crippen MR) is 60.3 cm³/mol. The van der Waals surface area contributed by atoms with E-state index < -0.39 is 0 Å². The van der Waals surface area contributed by atoms with Crippen LogP contribution in [0.1, 0.15) is 12.8 Å². The molecule has 2 N–H and O–H groups in total. The second-order valence-corrected chi connectivity index (χ2v) is 4.19. The molecular weight excluding hydrogens is 260 g/mol. The molecule has 1 saturated heterocycles. The highest BCUT2D eigenvalue weighted by Crippen LogP contribution is 2.31. The first-order valence-electron chi connectivity index (χ1n) is 4.50. The number of halogens is 1. The molecule has 0 unspecified atom stereocenters. The molecule has 0 saturated carbocycles. The molecule has 0 radical (unpaired) electrons. The molecule has 0 spiro atoms. The van der Waals surface area contributed by atoms with Crippen molar-refractivity contribution in [1.82, 2.24) is 0 Å². The van der Waals surface area contributed by atoms with Crippen LogP contribution in [0.5, 0.6) is 0 Å². The van der Waals surface area contributed by atoms with Crippen molar-refractivity contribution in [1.29, 1.82) is 0 Å². The minimum Gasteiger partial charge on any atom is -0.399 e. The zero-order valence-electron chi connectivity index (χ0n) is 7.87. The molecule has 1 aromatic carbocycles. The second kappa shape index (κ2) is 3.66. The van der Waals surface area contributed by atoms with Gasteiger partial charge in [-0.1, -0.05) is 0 Å². The molecule has 1 heterocycles. The van der Waals surface area contributed by atoms with Crippen molar-refractivity contribution in [2.24, 2.45) is 0 Å². The fourth-order valence-electron chi connectivity index (χ4n) is 1.55. The molecule has 5 heteroatoms. The van der Waals surface area contributed by atoms with E-state index in [1.54, 1.807) is 18.2 Å². The standard InChI is InChI=1S/C10H9BrN2O2/c11-7-2-1-6(12)5-8(7)13-9(14)3-4-10(13)15/h1-2,5H,3-4,12H2. The van der Waals surface area contributed by atoms with Gasteiger partial charge in [0.1, 0.15) is 0 Å². The van der Waals surface area contributed by atoms with Gasteiger partial charge in [0.15, 0.2) is 0 Å². The summed E-state index contributed by atoms with van der Waals surface area (Å²) in [6.45, 7) is 0. The highest BCUT2D eigenvalue weighted by molar-refractivity contribution is 9.10. The maximum atomic E-state index is 11.5. The van der Waals surface area contributed by atoms with Crippen LogP contribution in [0.15, 0.2) is 22.7 Å². The van der Waals surface area contributed by atoms with E-state index in [0.29, 0.717) is 15.8 Å². The number of nitrogen functional groups attached to an aromatic ring is 1. The first kappa shape index (κ1) is 10.2. The van der Waals surface area contributed by atoms with Gasteiger partial charge in [-0.3, -0.25) is 9.59 Å². The summed E-state index contributed by atoms with van der Waals surface area (Å²) in [4.78, 5) is 24.2. The molecule has 0 atom stereocenters. The third-order valence-corrected chi connectivity index (χ3v) is 2.93. The third-order valence-electron chi connectivity index (χ3n) is 2.26. The van der Waals surface area contributed by atoms with Gasteiger partial charge in [-0.15, -0.1) is 0 Å². The summed E-state index contributed by atoms with van der Waals surface area (Å²) in [5.74, 6) is -0.349. The SMILES string of the molecule is Nc1ccc(Br)c(N2C(=O)CCC2=O)c1. The number of carbonyl (C=O) groups excluding carboxylic acids is 2. The van der Waals surface area contributed by atoms with E-state index in [9.17, 15) is 9.59 Å². The van der Waals surface area contributed by atoms with Crippen molar-refractivity contribution in [2.75, 3.05) is 10.6 Å². The molecule has 78 valence electrons. The van der Waals surface area contributed by atoms with E-state index in [-0.39, 0.29) is 24.7 Å². The number of hydrogen-bond donors (Lipinski definition) is 1. The molecule has 0 bridgehead atoms. The minimum atomic E-state index is -0.175. The normalized spacial score (nSPS) is 16.2. The van der Waals surface area contributed by atoms with Crippen molar-refractivity contribution >= 4 is 39.1 Å². The number of benzene rings is 1. The monoisotopic (exact) mass is 268 g/mol. The predicted octanol–water partition coefficient (Wildman–Crippen LogP) is 1.68. The van der Waals surface area contributed by atoms with Crippen LogP contribution in [0.3, 0.4) is 0 Å². The molecular formula is C10H9BrN2O2. The Morgan fingerprint density at radius 1 is 1.20 bits per heavy atom. The van der Waals surface area contributed by atoms with Gasteiger partial charge >= 0.3 is 0 Å². The average molecular weight is 269 g/mol. The van der Waals surface area contributed by atoms with E-state index in [4.69, 9.17) is 5.73 Å². The molecule has 1 fully saturated rings. The van der Waals surface area contributed by atoms with Crippen LogP contribution in [-0.2, 0) is 9.59 Å². The highest BCUT2D eigenvalue weighted by Gasteiger charge is 2.31. The molecule has 2 rings (SSSR count). The van der Waals surface area contributed by atoms with Gasteiger partial charge in [0.2, 0.25) is 11.8 Å². The van der Waals surface area contributed by atoms with E-state index in [2.05, 4.69) is 15.9 Å². The van der Waals surface area contributed by atoms with Crippen LogP contribution in [0.4, 0.5) is 11.4 Å². The number of amides is 2. The van der Waals surface area contributed by atoms with Gasteiger partial charge in [0.05, 0.1) is 5.69 Å². The van der Waals surface area contributed by atoms with Crippen LogP contribution in [0.2, 0.25) is 0 Å². The molecule has 1 aromatic rings. The van der Waals surface area contributed by atoms with Crippen LogP contribution in [0, 0.1) is 0 Å². The van der Waals surface area contributed by atoms with Crippen molar-refractivity contribution in [3.63, 3.8) is 0 Å². The maximum Gasteiger partial charge on any atom is 0.234 e. The summed E-state index contributed by atoms with van der Waals surface area (Å²) in [6, 6.07) is 5.05. The molecule has 4 nitrogen and oxygen atoms in total. The smallest absolute Gasteiger partial charge is 0.234 e. The lowest BCUT2D eigenvalue weighted by Gasteiger charge is -2.15. The van der Waals surface area contributed by atoms with E-state index in [1.165, 1.54) is 4.90 Å². The van der Waals surface area contributed by atoms with Gasteiger partial charge in [-0.25, -0.2) is 4.90 Å². The quantitative estimate of drug-likeness (QED) is 0.623. The van der Waals surface area contributed by atoms with Gasteiger partial charge < -0.3 is 5.73 Å². The summed E-state index contributed by atoms with van der Waals surface area (Å²) in [5, 5.41) is 0. The largest absolute Gasteiger partial charge is 0.399 e. The molecule has 2 amide bonds. The summed E-state index contributed by atoms with van der Waals surface area (Å²) >= 11 is 3.29. The van der Waals surface area contributed by atoms with Crippen molar-refractivity contribution < 1.29 is 9.59 Å². The lowest BCUT2D eigenvalue weighted by Crippen LogP contribution is -2.28. The average Bonchev–Trinajstić information content (AvgIpc) is 2.51. The van der Waals surface area contributed by atoms with Crippen LogP contribution >= 0.6 is 15.9 Å². The Bertz CT molecular complexity index is 429. The number of hydrogen-bond acceptors (Lipinski definition) is 3. The number of rotatable bonds is 1. The highest BCUT2D eigenvalue weighted by atomic mass is 79.9. The number of nitrogens with zero attached hydrogens (tertiary/aromatic N) is 1. The number of anilines is 2. The summed E-state index contributed by atoms with van der Waals surface area (Å²) in [7, 11) is 0. The van der Waals surface area contributed by atoms with Gasteiger partial charge in [-0.05, 0) is 34.1 Å². The van der Waals surface area contributed by atoms with Gasteiger partial charge in [0, 0.05) is 23.0 Å². The first-order chi connectivity index (χ1) is 7.09. The number of carbonyl (C=O) groups is 2. The zero-order valence-corrected chi connectivity index (χ0v) is 9.45. The molecule has 0 aromatic heterocycles. The third kappa shape index (κ3) is 1.74. The van der Waals surface area contributed by atoms with Crippen molar-refractivity contribution in [3.8, 4) is 0 Å². The molecule has 15 heavy (non-hydrogen) atoms. The van der Waals surface area contributed by atoms with Crippen LogP contribution < -0.4 is 10.6 Å². The van der Waals surface area contributed by atoms with E-state index in [0.717, 1.165) is 0 Å². The van der Waals surface area contributed by atoms with Crippen molar-refractivity contribution in [2.45, 2.75) is 12.8 Å². The van der Waals surface area contributed by atoms with E-state index in [1.807, 2.05) is 0 Å². The Morgan fingerprint density at radius 2 is 1.80 bits per heavy atom. The lowest BCUT2D eigenvalue weighted by atomic mass is 10.2. The second-order valence-electron chi connectivity index (χ2n) is 3.33. The Kier molecular flexibility index (Phi) is 2.48. The molecule has 0 aliphatic carbocycles. The van der Waals surface area contributed by atoms with Crippen LogP contribution in [0.25, 0.3) is 0 Å².